The van der Waals surface area contributed by atoms with E-state index in [1.54, 1.807) is 11.3 Å². The second kappa shape index (κ2) is 7.07. The predicted octanol–water partition coefficient (Wildman–Crippen LogP) is 3.25. The van der Waals surface area contributed by atoms with E-state index in [0.717, 1.165) is 17.9 Å². The number of anilines is 2. The van der Waals surface area contributed by atoms with E-state index in [1.807, 2.05) is 24.3 Å². The molecular weight excluding hydrogens is 272 g/mol. The molecule has 0 saturated carbocycles. The molecule has 0 aliphatic carbocycles. The Labute approximate surface area is 122 Å². The number of hydrogen-bond donors (Lipinski definition) is 2. The standard InChI is InChI=1S/C15H18N2O2S/c1-11-6-7-14(20-11)9-16-12-4-3-5-13(8-12)17-15(18)10-19-2/h3-8,16H,9-10H2,1-2H3,(H,17,18). The molecule has 0 fully saturated rings. The number of nitrogens with one attached hydrogen (secondary N) is 2. The molecule has 0 bridgehead atoms. The zero-order valence-electron chi connectivity index (χ0n) is 11.6. The van der Waals surface area contributed by atoms with Crippen molar-refractivity contribution in [2.45, 2.75) is 13.5 Å². The van der Waals surface area contributed by atoms with E-state index in [-0.39, 0.29) is 12.5 Å². The van der Waals surface area contributed by atoms with Gasteiger partial charge >= 0.3 is 0 Å². The molecule has 4 nitrogen and oxygen atoms in total. The SMILES string of the molecule is COCC(=O)Nc1cccc(NCc2ccc(C)s2)c1. The maximum Gasteiger partial charge on any atom is 0.250 e. The van der Waals surface area contributed by atoms with Crippen molar-refractivity contribution in [2.24, 2.45) is 0 Å². The zero-order chi connectivity index (χ0) is 14.4. The van der Waals surface area contributed by atoms with Gasteiger partial charge in [-0.3, -0.25) is 4.79 Å². The number of benzene rings is 1. The first kappa shape index (κ1) is 14.6. The lowest BCUT2D eigenvalue weighted by Gasteiger charge is -2.08. The summed E-state index contributed by atoms with van der Waals surface area (Å²) in [6, 6.07) is 11.9. The Bertz CT molecular complexity index is 581. The molecule has 2 aromatic rings. The third-order valence-electron chi connectivity index (χ3n) is 2.68. The van der Waals surface area contributed by atoms with Crippen LogP contribution >= 0.6 is 11.3 Å². The van der Waals surface area contributed by atoms with Gasteiger partial charge in [-0.15, -0.1) is 11.3 Å². The quantitative estimate of drug-likeness (QED) is 0.858. The van der Waals surface area contributed by atoms with Crippen LogP contribution in [0.3, 0.4) is 0 Å². The van der Waals surface area contributed by atoms with Gasteiger partial charge in [-0.05, 0) is 37.3 Å². The minimum absolute atomic E-state index is 0.0616. The summed E-state index contributed by atoms with van der Waals surface area (Å²) in [4.78, 5) is 14.0. The van der Waals surface area contributed by atoms with Crippen molar-refractivity contribution in [3.63, 3.8) is 0 Å². The van der Waals surface area contributed by atoms with Crippen molar-refractivity contribution in [3.8, 4) is 0 Å². The molecule has 1 aromatic heterocycles. The molecular formula is C15H18N2O2S. The lowest BCUT2D eigenvalue weighted by molar-refractivity contribution is -0.119. The van der Waals surface area contributed by atoms with Crippen LogP contribution in [0.2, 0.25) is 0 Å². The van der Waals surface area contributed by atoms with Crippen LogP contribution in [-0.4, -0.2) is 19.6 Å². The number of carbonyl (C=O) groups excluding carboxylic acids is 1. The monoisotopic (exact) mass is 290 g/mol. The molecule has 0 unspecified atom stereocenters. The van der Waals surface area contributed by atoms with Crippen molar-refractivity contribution in [3.05, 3.63) is 46.2 Å². The van der Waals surface area contributed by atoms with Crippen molar-refractivity contribution in [1.82, 2.24) is 0 Å². The molecule has 0 spiro atoms. The van der Waals surface area contributed by atoms with Crippen molar-refractivity contribution < 1.29 is 9.53 Å². The van der Waals surface area contributed by atoms with Gasteiger partial charge < -0.3 is 15.4 Å². The summed E-state index contributed by atoms with van der Waals surface area (Å²) in [6.45, 7) is 2.94. The number of hydrogen-bond acceptors (Lipinski definition) is 4. The van der Waals surface area contributed by atoms with Crippen molar-refractivity contribution in [1.29, 1.82) is 0 Å². The maximum atomic E-state index is 11.5. The van der Waals surface area contributed by atoms with Crippen molar-refractivity contribution >= 4 is 28.6 Å². The van der Waals surface area contributed by atoms with E-state index in [9.17, 15) is 4.79 Å². The van der Waals surface area contributed by atoms with Crippen LogP contribution in [0.5, 0.6) is 0 Å². The van der Waals surface area contributed by atoms with Gasteiger partial charge in [0.05, 0.1) is 0 Å². The van der Waals surface area contributed by atoms with Gasteiger partial charge in [-0.1, -0.05) is 6.07 Å². The average molecular weight is 290 g/mol. The minimum atomic E-state index is -0.154. The van der Waals surface area contributed by atoms with Crippen LogP contribution in [0.4, 0.5) is 11.4 Å². The fourth-order valence-corrected chi connectivity index (χ4v) is 2.63. The number of ether oxygens (including phenoxy) is 1. The molecule has 20 heavy (non-hydrogen) atoms. The first-order chi connectivity index (χ1) is 9.67. The van der Waals surface area contributed by atoms with E-state index < -0.39 is 0 Å². The molecule has 2 rings (SSSR count). The van der Waals surface area contributed by atoms with Gasteiger partial charge in [0.15, 0.2) is 0 Å². The number of carbonyl (C=O) groups is 1. The lowest BCUT2D eigenvalue weighted by atomic mass is 10.2. The molecule has 1 aromatic carbocycles. The highest BCUT2D eigenvalue weighted by Crippen LogP contribution is 2.19. The minimum Gasteiger partial charge on any atom is -0.380 e. The van der Waals surface area contributed by atoms with Crippen LogP contribution < -0.4 is 10.6 Å². The number of amides is 1. The van der Waals surface area contributed by atoms with E-state index >= 15 is 0 Å². The molecule has 0 radical (unpaired) electrons. The summed E-state index contributed by atoms with van der Waals surface area (Å²) < 4.78 is 4.79. The maximum absolute atomic E-state index is 11.5. The van der Waals surface area contributed by atoms with Gasteiger partial charge in [0.1, 0.15) is 6.61 Å². The van der Waals surface area contributed by atoms with Gasteiger partial charge in [0.25, 0.3) is 0 Å². The molecule has 0 aliphatic heterocycles. The lowest BCUT2D eigenvalue weighted by Crippen LogP contribution is -2.17. The Balaban J connectivity index is 1.93. The fraction of sp³-hybridized carbons (Fsp3) is 0.267. The topological polar surface area (TPSA) is 50.4 Å². The van der Waals surface area contributed by atoms with Gasteiger partial charge in [0.2, 0.25) is 5.91 Å². The third-order valence-corrected chi connectivity index (χ3v) is 3.69. The summed E-state index contributed by atoms with van der Waals surface area (Å²) in [6.07, 6.45) is 0. The zero-order valence-corrected chi connectivity index (χ0v) is 12.4. The molecule has 0 atom stereocenters. The largest absolute Gasteiger partial charge is 0.380 e. The second-order valence-corrected chi connectivity index (χ2v) is 5.80. The highest BCUT2D eigenvalue weighted by Gasteiger charge is 2.02. The normalized spacial score (nSPS) is 10.3. The first-order valence-corrected chi connectivity index (χ1v) is 7.17. The fourth-order valence-electron chi connectivity index (χ4n) is 1.80. The summed E-state index contributed by atoms with van der Waals surface area (Å²) in [7, 11) is 1.50. The van der Waals surface area contributed by atoms with E-state index in [2.05, 4.69) is 29.7 Å². The highest BCUT2D eigenvalue weighted by molar-refractivity contribution is 7.11. The van der Waals surface area contributed by atoms with Crippen LogP contribution in [0.15, 0.2) is 36.4 Å². The van der Waals surface area contributed by atoms with Gasteiger partial charge in [-0.25, -0.2) is 0 Å². The van der Waals surface area contributed by atoms with Crippen LogP contribution in [-0.2, 0) is 16.1 Å². The molecule has 0 saturated heterocycles. The molecule has 1 amide bonds. The van der Waals surface area contributed by atoms with E-state index in [0.29, 0.717) is 0 Å². The van der Waals surface area contributed by atoms with Crippen LogP contribution in [0.1, 0.15) is 9.75 Å². The third kappa shape index (κ3) is 4.36. The Hall–Kier alpha value is -1.85. The number of aryl methyl sites for hydroxylation is 1. The highest BCUT2D eigenvalue weighted by atomic mass is 32.1. The summed E-state index contributed by atoms with van der Waals surface area (Å²) in [5, 5.41) is 6.13. The van der Waals surface area contributed by atoms with Crippen LogP contribution in [0.25, 0.3) is 0 Å². The summed E-state index contributed by atoms with van der Waals surface area (Å²) >= 11 is 1.78. The number of thiophene rings is 1. The Morgan fingerprint density at radius 2 is 2.05 bits per heavy atom. The first-order valence-electron chi connectivity index (χ1n) is 6.35. The van der Waals surface area contributed by atoms with Gasteiger partial charge in [0, 0.05) is 34.8 Å². The number of methoxy groups -OCH3 is 1. The smallest absolute Gasteiger partial charge is 0.250 e. The Morgan fingerprint density at radius 3 is 2.75 bits per heavy atom. The average Bonchev–Trinajstić information content (AvgIpc) is 2.83. The Morgan fingerprint density at radius 1 is 1.25 bits per heavy atom. The molecule has 5 heteroatoms. The van der Waals surface area contributed by atoms with E-state index in [1.165, 1.54) is 16.9 Å². The number of rotatable bonds is 6. The van der Waals surface area contributed by atoms with Gasteiger partial charge in [-0.2, -0.15) is 0 Å². The van der Waals surface area contributed by atoms with E-state index in [4.69, 9.17) is 4.74 Å². The summed E-state index contributed by atoms with van der Waals surface area (Å²) in [5.74, 6) is -0.154. The molecule has 1 heterocycles. The second-order valence-electron chi connectivity index (χ2n) is 4.43. The summed E-state index contributed by atoms with van der Waals surface area (Å²) in [5.41, 5.74) is 1.74. The van der Waals surface area contributed by atoms with Crippen LogP contribution in [0, 0.1) is 6.92 Å². The van der Waals surface area contributed by atoms with Crippen molar-refractivity contribution in [2.75, 3.05) is 24.4 Å². The predicted molar refractivity (Wildman–Crippen MR) is 83.3 cm³/mol. The Kier molecular flexibility index (Phi) is 5.15. The molecule has 2 N–H and O–H groups in total. The molecule has 106 valence electrons. The molecule has 0 aliphatic rings.